The van der Waals surface area contributed by atoms with Gasteiger partial charge in [-0.15, -0.1) is 0 Å². The van der Waals surface area contributed by atoms with Gasteiger partial charge in [0.05, 0.1) is 12.9 Å². The monoisotopic (exact) mass is 276 g/mol. The zero-order chi connectivity index (χ0) is 13.3. The van der Waals surface area contributed by atoms with Crippen molar-refractivity contribution in [3.05, 3.63) is 42.2 Å². The maximum atomic E-state index is 5.72. The van der Waals surface area contributed by atoms with E-state index in [1.54, 1.807) is 0 Å². The van der Waals surface area contributed by atoms with Crippen LogP contribution in [0.2, 0.25) is 0 Å². The number of ether oxygens (including phenoxy) is 1. The van der Waals surface area contributed by atoms with Gasteiger partial charge in [0.2, 0.25) is 0 Å². The molecule has 1 nitrogen and oxygen atoms in total. The Morgan fingerprint density at radius 3 is 3.00 bits per heavy atom. The number of benzene rings is 1. The van der Waals surface area contributed by atoms with Gasteiger partial charge in [0, 0.05) is 0 Å². The third kappa shape index (κ3) is 5.32. The lowest BCUT2D eigenvalue weighted by Crippen LogP contribution is -2.05. The molecule has 0 radical (unpaired) electrons. The van der Waals surface area contributed by atoms with Gasteiger partial charge < -0.3 is 4.74 Å². The molecule has 0 saturated carbocycles. The minimum atomic E-state index is 0.857. The second-order valence-corrected chi connectivity index (χ2v) is 6.41. The summed E-state index contributed by atoms with van der Waals surface area (Å²) in [6.45, 7) is 2.96. The van der Waals surface area contributed by atoms with Gasteiger partial charge in [-0.25, -0.2) is 0 Å². The highest BCUT2D eigenvalue weighted by Gasteiger charge is 2.11. The van der Waals surface area contributed by atoms with Gasteiger partial charge in [-0.05, 0) is 54.7 Å². The summed E-state index contributed by atoms with van der Waals surface area (Å²) >= 11 is 2.11. The quantitative estimate of drug-likeness (QED) is 0.553. The van der Waals surface area contributed by atoms with Gasteiger partial charge >= 0.3 is 0 Å². The maximum Gasteiger partial charge on any atom is 0.0876 e. The Morgan fingerprint density at radius 1 is 1.32 bits per heavy atom. The van der Waals surface area contributed by atoms with E-state index >= 15 is 0 Å². The molecule has 1 saturated heterocycles. The first-order valence-corrected chi connectivity index (χ1v) is 8.43. The topological polar surface area (TPSA) is 9.23 Å². The van der Waals surface area contributed by atoms with Gasteiger partial charge in [0.1, 0.15) is 0 Å². The molecule has 104 valence electrons. The fraction of sp³-hybridized carbons (Fsp3) is 0.529. The number of hydrogen-bond donors (Lipinski definition) is 0. The molecule has 1 aliphatic rings. The first-order chi connectivity index (χ1) is 9.36. The SMILES string of the molecule is C/C(=C/OCCC1CCCCSC1)c1ccccc1. The van der Waals surface area contributed by atoms with Crippen molar-refractivity contribution in [2.45, 2.75) is 32.6 Å². The van der Waals surface area contributed by atoms with E-state index in [0.717, 1.165) is 12.5 Å². The van der Waals surface area contributed by atoms with Crippen LogP contribution in [0, 0.1) is 5.92 Å². The third-order valence-electron chi connectivity index (χ3n) is 3.64. The molecule has 0 aliphatic carbocycles. The fourth-order valence-electron chi connectivity index (χ4n) is 2.39. The summed E-state index contributed by atoms with van der Waals surface area (Å²) in [5, 5.41) is 0. The summed E-state index contributed by atoms with van der Waals surface area (Å²) in [5.41, 5.74) is 2.45. The van der Waals surface area contributed by atoms with Gasteiger partial charge in [-0.1, -0.05) is 36.8 Å². The summed E-state index contributed by atoms with van der Waals surface area (Å²) in [6.07, 6.45) is 7.30. The molecule has 0 spiro atoms. The Bertz CT molecular complexity index is 378. The molecule has 19 heavy (non-hydrogen) atoms. The van der Waals surface area contributed by atoms with Gasteiger partial charge in [-0.3, -0.25) is 0 Å². The Balaban J connectivity index is 1.70. The summed E-state index contributed by atoms with van der Waals surface area (Å²) in [5.74, 6) is 3.53. The molecule has 0 amide bonds. The van der Waals surface area contributed by atoms with Gasteiger partial charge in [0.15, 0.2) is 0 Å². The minimum absolute atomic E-state index is 0.857. The van der Waals surface area contributed by atoms with Crippen molar-refractivity contribution in [1.82, 2.24) is 0 Å². The van der Waals surface area contributed by atoms with Crippen LogP contribution in [0.5, 0.6) is 0 Å². The van der Waals surface area contributed by atoms with E-state index in [-0.39, 0.29) is 0 Å². The standard InChI is InChI=1S/C17H24OS/c1-15(17-8-3-2-4-9-17)13-18-11-10-16-7-5-6-12-19-14-16/h2-4,8-9,13,16H,5-7,10-12,14H2,1H3/b15-13-. The second kappa shape index (κ2) is 8.31. The average Bonchev–Trinajstić information content (AvgIpc) is 2.73. The molecule has 0 N–H and O–H groups in total. The van der Waals surface area contributed by atoms with Crippen LogP contribution in [-0.2, 0) is 4.74 Å². The molecule has 1 aromatic carbocycles. The van der Waals surface area contributed by atoms with Crippen LogP contribution < -0.4 is 0 Å². The predicted molar refractivity (Wildman–Crippen MR) is 85.3 cm³/mol. The molecule has 1 aliphatic heterocycles. The lowest BCUT2D eigenvalue weighted by Gasteiger charge is -2.13. The fourth-order valence-corrected chi connectivity index (χ4v) is 3.63. The molecule has 1 fully saturated rings. The van der Waals surface area contributed by atoms with Crippen molar-refractivity contribution >= 4 is 17.3 Å². The molecule has 1 heterocycles. The molecule has 1 atom stereocenters. The molecule has 0 aromatic heterocycles. The van der Waals surface area contributed by atoms with Crippen LogP contribution in [0.15, 0.2) is 36.6 Å². The zero-order valence-electron chi connectivity index (χ0n) is 11.8. The van der Waals surface area contributed by atoms with Crippen molar-refractivity contribution in [3.63, 3.8) is 0 Å². The smallest absolute Gasteiger partial charge is 0.0876 e. The van der Waals surface area contributed by atoms with Crippen LogP contribution >= 0.6 is 11.8 Å². The van der Waals surface area contributed by atoms with Crippen molar-refractivity contribution in [1.29, 1.82) is 0 Å². The van der Waals surface area contributed by atoms with Crippen molar-refractivity contribution in [2.75, 3.05) is 18.1 Å². The molecule has 1 unspecified atom stereocenters. The van der Waals surface area contributed by atoms with E-state index in [4.69, 9.17) is 4.74 Å². The first-order valence-electron chi connectivity index (χ1n) is 7.28. The average molecular weight is 276 g/mol. The van der Waals surface area contributed by atoms with E-state index in [1.807, 2.05) is 12.3 Å². The van der Waals surface area contributed by atoms with Crippen LogP contribution in [0.4, 0.5) is 0 Å². The van der Waals surface area contributed by atoms with E-state index in [0.29, 0.717) is 0 Å². The van der Waals surface area contributed by atoms with Crippen molar-refractivity contribution in [2.24, 2.45) is 5.92 Å². The Labute approximate surface area is 121 Å². The van der Waals surface area contributed by atoms with Crippen LogP contribution in [0.3, 0.4) is 0 Å². The van der Waals surface area contributed by atoms with E-state index in [9.17, 15) is 0 Å². The summed E-state index contributed by atoms with van der Waals surface area (Å²) in [4.78, 5) is 0. The molecular weight excluding hydrogens is 252 g/mol. The zero-order valence-corrected chi connectivity index (χ0v) is 12.6. The summed E-state index contributed by atoms with van der Waals surface area (Å²) < 4.78 is 5.72. The number of allylic oxidation sites excluding steroid dienone is 1. The van der Waals surface area contributed by atoms with Gasteiger partial charge in [0.25, 0.3) is 0 Å². The molecule has 1 aromatic rings. The van der Waals surface area contributed by atoms with Crippen LogP contribution in [-0.4, -0.2) is 18.1 Å². The van der Waals surface area contributed by atoms with E-state index in [2.05, 4.69) is 43.0 Å². The largest absolute Gasteiger partial charge is 0.501 e. The van der Waals surface area contributed by atoms with Gasteiger partial charge in [-0.2, -0.15) is 11.8 Å². The Kier molecular flexibility index (Phi) is 6.35. The molecule has 2 rings (SSSR count). The highest BCUT2D eigenvalue weighted by molar-refractivity contribution is 7.99. The third-order valence-corrected chi connectivity index (χ3v) is 4.92. The minimum Gasteiger partial charge on any atom is -0.501 e. The van der Waals surface area contributed by atoms with Crippen molar-refractivity contribution < 1.29 is 4.74 Å². The maximum absolute atomic E-state index is 5.72. The van der Waals surface area contributed by atoms with Crippen LogP contribution in [0.25, 0.3) is 5.57 Å². The molecule has 2 heteroatoms. The van der Waals surface area contributed by atoms with Crippen molar-refractivity contribution in [3.8, 4) is 0 Å². The lowest BCUT2D eigenvalue weighted by molar-refractivity contribution is 0.224. The molecular formula is C17H24OS. The number of rotatable bonds is 5. The number of thioether (sulfide) groups is 1. The van der Waals surface area contributed by atoms with E-state index in [1.165, 1.54) is 48.3 Å². The van der Waals surface area contributed by atoms with Crippen LogP contribution in [0.1, 0.15) is 38.2 Å². The summed E-state index contributed by atoms with van der Waals surface area (Å²) in [6, 6.07) is 10.4. The normalized spacial score (nSPS) is 20.9. The Hall–Kier alpha value is -0.890. The Morgan fingerprint density at radius 2 is 2.16 bits per heavy atom. The van der Waals surface area contributed by atoms with E-state index < -0.39 is 0 Å². The first kappa shape index (κ1) is 14.5. The summed E-state index contributed by atoms with van der Waals surface area (Å²) in [7, 11) is 0. The number of hydrogen-bond acceptors (Lipinski definition) is 2. The lowest BCUT2D eigenvalue weighted by atomic mass is 10.0. The second-order valence-electron chi connectivity index (χ2n) is 5.26. The molecule has 0 bridgehead atoms. The highest BCUT2D eigenvalue weighted by atomic mass is 32.2. The predicted octanol–water partition coefficient (Wildman–Crippen LogP) is 4.99. The highest BCUT2D eigenvalue weighted by Crippen LogP contribution is 2.24.